The second kappa shape index (κ2) is 11.0. The summed E-state index contributed by atoms with van der Waals surface area (Å²) in [5.41, 5.74) is 9.54. The van der Waals surface area contributed by atoms with Crippen molar-refractivity contribution >= 4 is 65.3 Å². The Hall–Kier alpha value is -1.85. The van der Waals surface area contributed by atoms with Crippen molar-refractivity contribution < 1.29 is 0 Å². The molecule has 0 bridgehead atoms. The molecule has 1 aliphatic rings. The average molecular weight is 466 g/mol. The van der Waals surface area contributed by atoms with Crippen molar-refractivity contribution in [3.8, 4) is 0 Å². The molecule has 3 aromatic rings. The molecule has 3 N–H and O–H groups in total. The van der Waals surface area contributed by atoms with E-state index < -0.39 is 0 Å². The number of benzene rings is 2. The molecule has 1 aliphatic carbocycles. The molecule has 1 saturated carbocycles. The van der Waals surface area contributed by atoms with Crippen LogP contribution in [0.5, 0.6) is 0 Å². The van der Waals surface area contributed by atoms with Gasteiger partial charge in [0.15, 0.2) is 5.82 Å². The zero-order valence-electron chi connectivity index (χ0n) is 16.8. The first-order valence-corrected chi connectivity index (χ1v) is 10.2. The first kappa shape index (κ1) is 24.4. The van der Waals surface area contributed by atoms with Crippen LogP contribution in [-0.2, 0) is 0 Å². The largest absolute Gasteiger partial charge is 0.365 e. The van der Waals surface area contributed by atoms with Gasteiger partial charge in [0.05, 0.1) is 5.52 Å². The Morgan fingerprint density at radius 1 is 1.00 bits per heavy atom. The van der Waals surface area contributed by atoms with Crippen LogP contribution in [0.15, 0.2) is 42.5 Å². The monoisotopic (exact) mass is 464 g/mol. The van der Waals surface area contributed by atoms with Gasteiger partial charge in [-0.25, -0.2) is 9.97 Å². The molecule has 4 nitrogen and oxygen atoms in total. The molecule has 2 aromatic carbocycles. The summed E-state index contributed by atoms with van der Waals surface area (Å²) in [5.74, 6) is 1.55. The van der Waals surface area contributed by atoms with Gasteiger partial charge in [0.25, 0.3) is 0 Å². The molecule has 1 heterocycles. The first-order chi connectivity index (χ1) is 13.6. The van der Waals surface area contributed by atoms with Gasteiger partial charge in [-0.3, -0.25) is 0 Å². The Labute approximate surface area is 195 Å². The lowest BCUT2D eigenvalue weighted by Crippen LogP contribution is -2.42. The van der Waals surface area contributed by atoms with E-state index in [1.54, 1.807) is 0 Å². The van der Waals surface area contributed by atoms with Crippen LogP contribution < -0.4 is 11.1 Å². The summed E-state index contributed by atoms with van der Waals surface area (Å²) < 4.78 is 0. The van der Waals surface area contributed by atoms with Crippen LogP contribution in [0.25, 0.3) is 23.1 Å². The van der Waals surface area contributed by atoms with Gasteiger partial charge in [-0.1, -0.05) is 54.3 Å². The van der Waals surface area contributed by atoms with Crippen molar-refractivity contribution in [3.63, 3.8) is 0 Å². The van der Waals surface area contributed by atoms with Crippen molar-refractivity contribution in [1.29, 1.82) is 0 Å². The average Bonchev–Trinajstić information content (AvgIpc) is 2.70. The maximum atomic E-state index is 6.36. The zero-order chi connectivity index (χ0) is 19.5. The minimum atomic E-state index is 0. The van der Waals surface area contributed by atoms with Gasteiger partial charge in [0, 0.05) is 22.5 Å². The molecule has 1 aromatic heterocycles. The van der Waals surface area contributed by atoms with Gasteiger partial charge in [-0.05, 0) is 55.7 Å². The second-order valence-corrected chi connectivity index (χ2v) is 7.97. The van der Waals surface area contributed by atoms with E-state index in [4.69, 9.17) is 27.3 Å². The topological polar surface area (TPSA) is 63.8 Å². The van der Waals surface area contributed by atoms with Crippen LogP contribution in [0.4, 0.5) is 5.82 Å². The van der Waals surface area contributed by atoms with Crippen LogP contribution in [-0.4, -0.2) is 22.1 Å². The van der Waals surface area contributed by atoms with Crippen LogP contribution in [0.2, 0.25) is 5.02 Å². The number of aromatic nitrogens is 2. The van der Waals surface area contributed by atoms with Crippen molar-refractivity contribution in [2.45, 2.75) is 44.7 Å². The number of hydrogen-bond donors (Lipinski definition) is 2. The van der Waals surface area contributed by atoms with Crippen LogP contribution in [0, 0.1) is 6.92 Å². The minimum Gasteiger partial charge on any atom is -0.365 e. The Bertz CT molecular complexity index is 1010. The summed E-state index contributed by atoms with van der Waals surface area (Å²) in [4.78, 5) is 9.54. The summed E-state index contributed by atoms with van der Waals surface area (Å²) in [6.45, 7) is 2.09. The molecule has 0 amide bonds. The third-order valence-corrected chi connectivity index (χ3v) is 5.56. The SMILES string of the molecule is Cc1ccc2nc(/C=C/c3ccc(Cl)cc3)nc(NC3CCCCC3N)c2c1.Cl.Cl. The molecule has 2 unspecified atom stereocenters. The number of halogens is 3. The van der Waals surface area contributed by atoms with E-state index in [2.05, 4.69) is 30.4 Å². The van der Waals surface area contributed by atoms with Gasteiger partial charge in [0.2, 0.25) is 0 Å². The van der Waals surface area contributed by atoms with E-state index >= 15 is 0 Å². The lowest BCUT2D eigenvalue weighted by Gasteiger charge is -2.30. The Balaban J connectivity index is 0.00000160. The number of nitrogens with one attached hydrogen (secondary N) is 1. The number of anilines is 1. The van der Waals surface area contributed by atoms with E-state index in [0.29, 0.717) is 5.82 Å². The molecule has 160 valence electrons. The number of nitrogens with zero attached hydrogens (tertiary/aromatic N) is 2. The molecule has 1 fully saturated rings. The molecule has 0 saturated heterocycles. The standard InChI is InChI=1S/C23H25ClN4.2ClH/c1-15-6-12-20-18(14-15)23(27-21-5-3-2-4-19(21)25)28-22(26-20)13-9-16-7-10-17(24)11-8-16;;/h6-14,19,21H,2-5,25H2,1H3,(H,26,27,28);2*1H/b13-9+;;. The number of hydrogen-bond acceptors (Lipinski definition) is 4. The fourth-order valence-corrected chi connectivity index (χ4v) is 3.83. The van der Waals surface area contributed by atoms with E-state index in [9.17, 15) is 0 Å². The number of fused-ring (bicyclic) bond motifs is 1. The molecule has 7 heteroatoms. The summed E-state index contributed by atoms with van der Waals surface area (Å²) in [6.07, 6.45) is 8.49. The number of aryl methyl sites for hydroxylation is 1. The van der Waals surface area contributed by atoms with Gasteiger partial charge in [-0.2, -0.15) is 0 Å². The lowest BCUT2D eigenvalue weighted by atomic mass is 9.91. The highest BCUT2D eigenvalue weighted by atomic mass is 35.5. The lowest BCUT2D eigenvalue weighted by molar-refractivity contribution is 0.403. The zero-order valence-corrected chi connectivity index (χ0v) is 19.2. The Morgan fingerprint density at radius 2 is 1.73 bits per heavy atom. The van der Waals surface area contributed by atoms with Crippen LogP contribution >= 0.6 is 36.4 Å². The molecular formula is C23H27Cl3N4. The van der Waals surface area contributed by atoms with Crippen molar-refractivity contribution in [3.05, 3.63) is 64.4 Å². The Kier molecular flexibility index (Phi) is 8.92. The highest BCUT2D eigenvalue weighted by Gasteiger charge is 2.22. The van der Waals surface area contributed by atoms with Gasteiger partial charge >= 0.3 is 0 Å². The third kappa shape index (κ3) is 5.86. The number of nitrogens with two attached hydrogens (primary N) is 1. The predicted molar refractivity (Wildman–Crippen MR) is 133 cm³/mol. The van der Waals surface area contributed by atoms with Crippen molar-refractivity contribution in [1.82, 2.24) is 9.97 Å². The second-order valence-electron chi connectivity index (χ2n) is 7.54. The van der Waals surface area contributed by atoms with Crippen LogP contribution in [0.1, 0.15) is 42.6 Å². The molecule has 0 aliphatic heterocycles. The minimum absolute atomic E-state index is 0. The first-order valence-electron chi connectivity index (χ1n) is 9.83. The molecular weight excluding hydrogens is 439 g/mol. The maximum absolute atomic E-state index is 6.36. The van der Waals surface area contributed by atoms with E-state index in [-0.39, 0.29) is 36.9 Å². The summed E-state index contributed by atoms with van der Waals surface area (Å²) in [5, 5.41) is 5.39. The normalized spacial score (nSPS) is 18.6. The molecule has 0 radical (unpaired) electrons. The fraction of sp³-hybridized carbons (Fsp3) is 0.304. The van der Waals surface area contributed by atoms with Crippen molar-refractivity contribution in [2.75, 3.05) is 5.32 Å². The maximum Gasteiger partial charge on any atom is 0.154 e. The summed E-state index contributed by atoms with van der Waals surface area (Å²) in [7, 11) is 0. The molecule has 0 spiro atoms. The quantitative estimate of drug-likeness (QED) is 0.475. The highest BCUT2D eigenvalue weighted by molar-refractivity contribution is 6.30. The molecule has 4 rings (SSSR count). The van der Waals surface area contributed by atoms with Gasteiger partial charge in [0.1, 0.15) is 5.82 Å². The highest BCUT2D eigenvalue weighted by Crippen LogP contribution is 2.26. The van der Waals surface area contributed by atoms with Crippen molar-refractivity contribution in [2.24, 2.45) is 5.73 Å². The molecule has 2 atom stereocenters. The van der Waals surface area contributed by atoms with Crippen LogP contribution in [0.3, 0.4) is 0 Å². The fourth-order valence-electron chi connectivity index (χ4n) is 3.70. The summed E-state index contributed by atoms with van der Waals surface area (Å²) >= 11 is 5.96. The third-order valence-electron chi connectivity index (χ3n) is 5.30. The van der Waals surface area contributed by atoms with Gasteiger partial charge in [-0.15, -0.1) is 24.8 Å². The van der Waals surface area contributed by atoms with E-state index in [0.717, 1.165) is 40.1 Å². The number of rotatable bonds is 4. The Morgan fingerprint density at radius 3 is 2.47 bits per heavy atom. The van der Waals surface area contributed by atoms with E-state index in [1.165, 1.54) is 18.4 Å². The van der Waals surface area contributed by atoms with E-state index in [1.807, 2.05) is 36.4 Å². The van der Waals surface area contributed by atoms with Gasteiger partial charge < -0.3 is 11.1 Å². The molecule has 30 heavy (non-hydrogen) atoms. The summed E-state index contributed by atoms with van der Waals surface area (Å²) in [6, 6.07) is 14.4. The smallest absolute Gasteiger partial charge is 0.154 e. The predicted octanol–water partition coefficient (Wildman–Crippen LogP) is 6.29.